The molecule has 2 aliphatic carbocycles. The van der Waals surface area contributed by atoms with Crippen LogP contribution in [0.1, 0.15) is 32.6 Å². The average molecular weight is 308 g/mol. The van der Waals surface area contributed by atoms with Crippen molar-refractivity contribution in [1.29, 1.82) is 0 Å². The molecule has 5 heteroatoms. The highest BCUT2D eigenvalue weighted by Crippen LogP contribution is 2.49. The fraction of sp³-hybridized carbons (Fsp3) is 0.600. The van der Waals surface area contributed by atoms with Crippen molar-refractivity contribution in [2.75, 3.05) is 5.32 Å². The first-order chi connectivity index (χ1) is 9.70. The fourth-order valence-electron chi connectivity index (χ4n) is 4.10. The molecule has 0 aromatic carbocycles. The number of rotatable bonds is 3. The van der Waals surface area contributed by atoms with E-state index < -0.39 is 0 Å². The minimum atomic E-state index is 0.429. The van der Waals surface area contributed by atoms with E-state index >= 15 is 0 Å². The number of hydrogen-bond donors (Lipinski definition) is 1. The lowest BCUT2D eigenvalue weighted by molar-refractivity contribution is 0.303. The van der Waals surface area contributed by atoms with E-state index in [-0.39, 0.29) is 0 Å². The Balaban J connectivity index is 1.55. The van der Waals surface area contributed by atoms with Crippen LogP contribution in [0.4, 0.5) is 5.95 Å². The van der Waals surface area contributed by atoms with Crippen LogP contribution < -0.4 is 5.32 Å². The van der Waals surface area contributed by atoms with Crippen molar-refractivity contribution in [3.05, 3.63) is 16.6 Å². The van der Waals surface area contributed by atoms with Crippen LogP contribution in [0.2, 0.25) is 5.15 Å². The molecule has 0 radical (unpaired) electrons. The van der Waals surface area contributed by atoms with Gasteiger partial charge in [-0.2, -0.15) is 0 Å². The molecule has 2 aliphatic rings. The SMILES string of the molecule is CC(Nc1nc(Cl)c2ccsc2n1)C1CC2CCC1C2. The average Bonchev–Trinajstić information content (AvgIpc) is 3.13. The Labute approximate surface area is 127 Å². The van der Waals surface area contributed by atoms with Gasteiger partial charge in [0.25, 0.3) is 0 Å². The second kappa shape index (κ2) is 4.85. The number of fused-ring (bicyclic) bond motifs is 3. The predicted octanol–water partition coefficient (Wildman–Crippen LogP) is 4.58. The molecule has 20 heavy (non-hydrogen) atoms. The van der Waals surface area contributed by atoms with E-state index in [1.165, 1.54) is 25.7 Å². The van der Waals surface area contributed by atoms with Crippen molar-refractivity contribution in [2.24, 2.45) is 17.8 Å². The largest absolute Gasteiger partial charge is 0.351 e. The molecule has 3 nitrogen and oxygen atoms in total. The van der Waals surface area contributed by atoms with Crippen LogP contribution in [-0.2, 0) is 0 Å². The molecule has 4 rings (SSSR count). The quantitative estimate of drug-likeness (QED) is 0.843. The second-order valence-electron chi connectivity index (χ2n) is 6.25. The predicted molar refractivity (Wildman–Crippen MR) is 84.4 cm³/mol. The molecule has 2 aromatic heterocycles. The number of halogens is 1. The maximum Gasteiger partial charge on any atom is 0.225 e. The summed E-state index contributed by atoms with van der Waals surface area (Å²) in [4.78, 5) is 9.94. The van der Waals surface area contributed by atoms with E-state index in [9.17, 15) is 0 Å². The Morgan fingerprint density at radius 1 is 1.35 bits per heavy atom. The Hall–Kier alpha value is -0.870. The van der Waals surface area contributed by atoms with E-state index in [0.717, 1.165) is 28.0 Å². The van der Waals surface area contributed by atoms with Crippen LogP contribution in [0.3, 0.4) is 0 Å². The first kappa shape index (κ1) is 12.8. The first-order valence-electron chi connectivity index (χ1n) is 7.38. The highest BCUT2D eigenvalue weighted by molar-refractivity contribution is 7.16. The van der Waals surface area contributed by atoms with Crippen molar-refractivity contribution in [3.63, 3.8) is 0 Å². The summed E-state index contributed by atoms with van der Waals surface area (Å²) in [6.45, 7) is 2.27. The van der Waals surface area contributed by atoms with E-state index in [4.69, 9.17) is 11.6 Å². The van der Waals surface area contributed by atoms with Gasteiger partial charge in [0.2, 0.25) is 5.95 Å². The van der Waals surface area contributed by atoms with Gasteiger partial charge in [0.1, 0.15) is 9.98 Å². The van der Waals surface area contributed by atoms with Crippen molar-refractivity contribution in [2.45, 2.75) is 38.6 Å². The number of thiophene rings is 1. The summed E-state index contributed by atoms with van der Waals surface area (Å²) in [5.74, 6) is 3.33. The fourth-order valence-corrected chi connectivity index (χ4v) is 5.15. The summed E-state index contributed by atoms with van der Waals surface area (Å²) < 4.78 is 0. The highest BCUT2D eigenvalue weighted by atomic mass is 35.5. The Morgan fingerprint density at radius 2 is 2.25 bits per heavy atom. The molecule has 0 spiro atoms. The zero-order valence-corrected chi connectivity index (χ0v) is 13.0. The maximum atomic E-state index is 6.23. The molecule has 4 unspecified atom stereocenters. The molecule has 0 aliphatic heterocycles. The third-order valence-electron chi connectivity index (χ3n) is 5.07. The van der Waals surface area contributed by atoms with Gasteiger partial charge in [0.05, 0.1) is 0 Å². The molecule has 2 bridgehead atoms. The third-order valence-corrected chi connectivity index (χ3v) is 6.17. The highest BCUT2D eigenvalue weighted by Gasteiger charge is 2.41. The van der Waals surface area contributed by atoms with Crippen molar-refractivity contribution in [1.82, 2.24) is 9.97 Å². The number of aromatic nitrogens is 2. The molecule has 0 saturated heterocycles. The molecule has 2 heterocycles. The summed E-state index contributed by atoms with van der Waals surface area (Å²) in [6.07, 6.45) is 5.65. The maximum absolute atomic E-state index is 6.23. The smallest absolute Gasteiger partial charge is 0.225 e. The number of nitrogens with one attached hydrogen (secondary N) is 1. The molecule has 2 fully saturated rings. The van der Waals surface area contributed by atoms with Gasteiger partial charge in [0.15, 0.2) is 0 Å². The zero-order valence-electron chi connectivity index (χ0n) is 11.5. The normalized spacial score (nSPS) is 30.0. The Morgan fingerprint density at radius 3 is 3.00 bits per heavy atom. The van der Waals surface area contributed by atoms with Gasteiger partial charge < -0.3 is 5.32 Å². The molecule has 0 amide bonds. The lowest BCUT2D eigenvalue weighted by Crippen LogP contribution is -2.30. The van der Waals surface area contributed by atoms with E-state index in [1.54, 1.807) is 11.3 Å². The zero-order chi connectivity index (χ0) is 13.7. The monoisotopic (exact) mass is 307 g/mol. The first-order valence-corrected chi connectivity index (χ1v) is 8.64. The molecule has 1 N–H and O–H groups in total. The van der Waals surface area contributed by atoms with Crippen LogP contribution in [0, 0.1) is 17.8 Å². The van der Waals surface area contributed by atoms with Crippen molar-refractivity contribution in [3.8, 4) is 0 Å². The van der Waals surface area contributed by atoms with Gasteiger partial charge >= 0.3 is 0 Å². The molecule has 2 aromatic rings. The van der Waals surface area contributed by atoms with Gasteiger partial charge in [-0.1, -0.05) is 18.0 Å². The van der Waals surface area contributed by atoms with Gasteiger partial charge in [-0.05, 0) is 55.4 Å². The van der Waals surface area contributed by atoms with E-state index in [0.29, 0.717) is 17.1 Å². The minimum absolute atomic E-state index is 0.429. The molecular weight excluding hydrogens is 290 g/mol. The van der Waals surface area contributed by atoms with Crippen LogP contribution in [0.15, 0.2) is 11.4 Å². The van der Waals surface area contributed by atoms with Gasteiger partial charge in [-0.3, -0.25) is 0 Å². The Bertz CT molecular complexity index is 641. The lowest BCUT2D eigenvalue weighted by atomic mass is 9.84. The molecular formula is C15H18ClN3S. The number of nitrogens with zero attached hydrogens (tertiary/aromatic N) is 2. The van der Waals surface area contributed by atoms with Crippen molar-refractivity contribution < 1.29 is 0 Å². The summed E-state index contributed by atoms with van der Waals surface area (Å²) >= 11 is 7.84. The summed E-state index contributed by atoms with van der Waals surface area (Å²) in [5, 5.41) is 7.01. The molecule has 106 valence electrons. The molecule has 2 saturated carbocycles. The van der Waals surface area contributed by atoms with E-state index in [1.807, 2.05) is 11.4 Å². The number of hydrogen-bond acceptors (Lipinski definition) is 4. The van der Waals surface area contributed by atoms with E-state index in [2.05, 4.69) is 22.2 Å². The summed E-state index contributed by atoms with van der Waals surface area (Å²) in [7, 11) is 0. The Kier molecular flexibility index (Phi) is 3.11. The summed E-state index contributed by atoms with van der Waals surface area (Å²) in [5.41, 5.74) is 0. The van der Waals surface area contributed by atoms with Gasteiger partial charge in [0, 0.05) is 11.4 Å². The minimum Gasteiger partial charge on any atom is -0.351 e. The molecule has 4 atom stereocenters. The van der Waals surface area contributed by atoms with Crippen LogP contribution >= 0.6 is 22.9 Å². The summed E-state index contributed by atoms with van der Waals surface area (Å²) in [6, 6.07) is 2.41. The van der Waals surface area contributed by atoms with Crippen LogP contribution in [0.5, 0.6) is 0 Å². The van der Waals surface area contributed by atoms with Gasteiger partial charge in [-0.15, -0.1) is 11.3 Å². The topological polar surface area (TPSA) is 37.8 Å². The lowest BCUT2D eigenvalue weighted by Gasteiger charge is -2.28. The van der Waals surface area contributed by atoms with Crippen LogP contribution in [-0.4, -0.2) is 16.0 Å². The third kappa shape index (κ3) is 2.09. The van der Waals surface area contributed by atoms with Crippen LogP contribution in [0.25, 0.3) is 10.2 Å². The standard InChI is InChI=1S/C15H18ClN3S/c1-8(12-7-9-2-3-10(12)6-9)17-15-18-13(16)11-4-5-20-14(11)19-15/h4-5,8-10,12H,2-3,6-7H2,1H3,(H,17,18,19). The van der Waals surface area contributed by atoms with Crippen molar-refractivity contribution >= 4 is 39.1 Å². The number of anilines is 1. The second-order valence-corrected chi connectivity index (χ2v) is 7.50. The van der Waals surface area contributed by atoms with Gasteiger partial charge in [-0.25, -0.2) is 9.97 Å².